The molecule has 2 atom stereocenters. The number of carbonyl (C=O) groups is 1. The van der Waals surface area contributed by atoms with Crippen LogP contribution in [-0.4, -0.2) is 62.3 Å². The number of amides is 1. The first kappa shape index (κ1) is 15.1. The number of hydrogen-bond acceptors (Lipinski definition) is 5. The monoisotopic (exact) mass is 305 g/mol. The van der Waals surface area contributed by atoms with Gasteiger partial charge in [0, 0.05) is 25.7 Å². The van der Waals surface area contributed by atoms with E-state index in [2.05, 4.69) is 22.5 Å². The summed E-state index contributed by atoms with van der Waals surface area (Å²) in [6, 6.07) is 7.98. The molecule has 6 nitrogen and oxygen atoms in total. The minimum absolute atomic E-state index is 0.0382. The molecule has 1 amide bonds. The molecule has 1 aromatic carbocycles. The standard InChI is InChI=1S/C16H23N3O3/c1-12-8-17-6-7-19(12)10-16(20)18-9-13-11-21-14-4-2-3-5-15(14)22-13/h2-5,12-13,17H,6-11H2,1H3,(H,18,20)/t12-,13?/m1/s1. The zero-order valence-corrected chi connectivity index (χ0v) is 12.9. The minimum Gasteiger partial charge on any atom is -0.486 e. The van der Waals surface area contributed by atoms with Gasteiger partial charge in [0.1, 0.15) is 12.7 Å². The highest BCUT2D eigenvalue weighted by Gasteiger charge is 2.23. The Hall–Kier alpha value is -1.79. The van der Waals surface area contributed by atoms with E-state index < -0.39 is 0 Å². The molecule has 1 aromatic rings. The number of benzene rings is 1. The summed E-state index contributed by atoms with van der Waals surface area (Å²) in [6.45, 7) is 6.28. The van der Waals surface area contributed by atoms with Crippen molar-refractivity contribution in [1.82, 2.24) is 15.5 Å². The van der Waals surface area contributed by atoms with Crippen LogP contribution in [-0.2, 0) is 4.79 Å². The van der Waals surface area contributed by atoms with Gasteiger partial charge in [0.2, 0.25) is 5.91 Å². The smallest absolute Gasteiger partial charge is 0.234 e. The van der Waals surface area contributed by atoms with Crippen molar-refractivity contribution in [3.05, 3.63) is 24.3 Å². The quantitative estimate of drug-likeness (QED) is 0.834. The molecule has 2 aliphatic heterocycles. The molecule has 120 valence electrons. The van der Waals surface area contributed by atoms with Crippen LogP contribution in [0.2, 0.25) is 0 Å². The van der Waals surface area contributed by atoms with Crippen LogP contribution in [0.3, 0.4) is 0 Å². The summed E-state index contributed by atoms with van der Waals surface area (Å²) in [4.78, 5) is 14.3. The average molecular weight is 305 g/mol. The maximum atomic E-state index is 12.1. The van der Waals surface area contributed by atoms with Gasteiger partial charge in [-0.2, -0.15) is 0 Å². The largest absolute Gasteiger partial charge is 0.486 e. The highest BCUT2D eigenvalue weighted by Crippen LogP contribution is 2.30. The van der Waals surface area contributed by atoms with Crippen molar-refractivity contribution in [3.8, 4) is 11.5 Å². The zero-order valence-electron chi connectivity index (χ0n) is 12.9. The Kier molecular flexibility index (Phi) is 4.80. The van der Waals surface area contributed by atoms with E-state index >= 15 is 0 Å². The highest BCUT2D eigenvalue weighted by molar-refractivity contribution is 5.78. The van der Waals surface area contributed by atoms with Crippen LogP contribution in [0.4, 0.5) is 0 Å². The van der Waals surface area contributed by atoms with Crippen LogP contribution >= 0.6 is 0 Å². The SMILES string of the molecule is C[C@@H]1CNCCN1CC(=O)NCC1COc2ccccc2O1. The van der Waals surface area contributed by atoms with E-state index in [1.807, 2.05) is 24.3 Å². The molecule has 0 spiro atoms. The van der Waals surface area contributed by atoms with Gasteiger partial charge < -0.3 is 20.1 Å². The molecule has 22 heavy (non-hydrogen) atoms. The molecule has 0 radical (unpaired) electrons. The van der Waals surface area contributed by atoms with Gasteiger partial charge in [-0.05, 0) is 19.1 Å². The number of fused-ring (bicyclic) bond motifs is 1. The fourth-order valence-corrected chi connectivity index (χ4v) is 2.75. The lowest BCUT2D eigenvalue weighted by Gasteiger charge is -2.33. The Morgan fingerprint density at radius 2 is 2.23 bits per heavy atom. The van der Waals surface area contributed by atoms with Gasteiger partial charge in [-0.3, -0.25) is 9.69 Å². The van der Waals surface area contributed by atoms with E-state index in [0.717, 1.165) is 31.1 Å². The number of hydrogen-bond donors (Lipinski definition) is 2. The number of carbonyl (C=O) groups excluding carboxylic acids is 1. The van der Waals surface area contributed by atoms with Gasteiger partial charge in [0.25, 0.3) is 0 Å². The van der Waals surface area contributed by atoms with Gasteiger partial charge in [-0.25, -0.2) is 0 Å². The van der Waals surface area contributed by atoms with Crippen molar-refractivity contribution >= 4 is 5.91 Å². The lowest BCUT2D eigenvalue weighted by Crippen LogP contribution is -2.53. The predicted octanol–water partition coefficient (Wildman–Crippen LogP) is 0.236. The van der Waals surface area contributed by atoms with Crippen LogP contribution in [0.5, 0.6) is 11.5 Å². The van der Waals surface area contributed by atoms with E-state index in [9.17, 15) is 4.79 Å². The molecule has 0 saturated carbocycles. The van der Waals surface area contributed by atoms with Crippen molar-refractivity contribution in [2.45, 2.75) is 19.1 Å². The van der Waals surface area contributed by atoms with E-state index in [1.54, 1.807) is 0 Å². The van der Waals surface area contributed by atoms with E-state index in [1.165, 1.54) is 0 Å². The summed E-state index contributed by atoms with van der Waals surface area (Å²) in [5.41, 5.74) is 0. The summed E-state index contributed by atoms with van der Waals surface area (Å²) in [5, 5.41) is 6.27. The van der Waals surface area contributed by atoms with Crippen molar-refractivity contribution in [3.63, 3.8) is 0 Å². The van der Waals surface area contributed by atoms with Crippen molar-refractivity contribution in [2.75, 3.05) is 39.3 Å². The lowest BCUT2D eigenvalue weighted by atomic mass is 10.2. The molecule has 2 N–H and O–H groups in total. The van der Waals surface area contributed by atoms with Crippen molar-refractivity contribution in [2.24, 2.45) is 0 Å². The first-order chi connectivity index (χ1) is 10.7. The van der Waals surface area contributed by atoms with Gasteiger partial charge in [-0.15, -0.1) is 0 Å². The summed E-state index contributed by atoms with van der Waals surface area (Å²) in [7, 11) is 0. The molecule has 1 fully saturated rings. The molecule has 2 heterocycles. The number of ether oxygens (including phenoxy) is 2. The number of nitrogens with one attached hydrogen (secondary N) is 2. The minimum atomic E-state index is -0.140. The molecule has 3 rings (SSSR count). The molecule has 1 saturated heterocycles. The van der Waals surface area contributed by atoms with Gasteiger partial charge in [0.05, 0.1) is 13.1 Å². The third-order valence-electron chi connectivity index (χ3n) is 4.08. The number of piperazine rings is 1. The molecule has 0 aromatic heterocycles. The topological polar surface area (TPSA) is 62.8 Å². The maximum absolute atomic E-state index is 12.1. The molecule has 0 bridgehead atoms. The second-order valence-corrected chi connectivity index (χ2v) is 5.83. The first-order valence-corrected chi connectivity index (χ1v) is 7.82. The van der Waals surface area contributed by atoms with Crippen LogP contribution < -0.4 is 20.1 Å². The van der Waals surface area contributed by atoms with Crippen LogP contribution in [0.25, 0.3) is 0 Å². The highest BCUT2D eigenvalue weighted by atomic mass is 16.6. The van der Waals surface area contributed by atoms with Gasteiger partial charge >= 0.3 is 0 Å². The molecular weight excluding hydrogens is 282 g/mol. The molecule has 0 aliphatic carbocycles. The first-order valence-electron chi connectivity index (χ1n) is 7.82. The zero-order chi connectivity index (χ0) is 15.4. The molecular formula is C16H23N3O3. The molecule has 6 heteroatoms. The van der Waals surface area contributed by atoms with Crippen LogP contribution in [0.1, 0.15) is 6.92 Å². The Bertz CT molecular complexity index is 523. The maximum Gasteiger partial charge on any atom is 0.234 e. The van der Waals surface area contributed by atoms with Gasteiger partial charge in [0.15, 0.2) is 11.5 Å². The summed E-state index contributed by atoms with van der Waals surface area (Å²) < 4.78 is 11.5. The summed E-state index contributed by atoms with van der Waals surface area (Å²) >= 11 is 0. The van der Waals surface area contributed by atoms with E-state index in [0.29, 0.717) is 25.7 Å². The normalized spacial score (nSPS) is 24.8. The second-order valence-electron chi connectivity index (χ2n) is 5.83. The average Bonchev–Trinajstić information content (AvgIpc) is 2.55. The fourth-order valence-electron chi connectivity index (χ4n) is 2.75. The third-order valence-corrected chi connectivity index (χ3v) is 4.08. The summed E-state index contributed by atoms with van der Waals surface area (Å²) in [5.74, 6) is 1.54. The van der Waals surface area contributed by atoms with E-state index in [4.69, 9.17) is 9.47 Å². The molecule has 1 unspecified atom stereocenters. The Balaban J connectivity index is 1.44. The van der Waals surface area contributed by atoms with E-state index in [-0.39, 0.29) is 12.0 Å². The molecule has 2 aliphatic rings. The Labute approximate surface area is 130 Å². The van der Waals surface area contributed by atoms with Gasteiger partial charge in [-0.1, -0.05) is 12.1 Å². The third kappa shape index (κ3) is 3.69. The predicted molar refractivity (Wildman–Crippen MR) is 83.3 cm³/mol. The van der Waals surface area contributed by atoms with Crippen molar-refractivity contribution < 1.29 is 14.3 Å². The van der Waals surface area contributed by atoms with Crippen molar-refractivity contribution in [1.29, 1.82) is 0 Å². The fraction of sp³-hybridized carbons (Fsp3) is 0.562. The van der Waals surface area contributed by atoms with Crippen LogP contribution in [0, 0.1) is 0 Å². The number of nitrogens with zero attached hydrogens (tertiary/aromatic N) is 1. The summed E-state index contributed by atoms with van der Waals surface area (Å²) in [6.07, 6.45) is -0.140. The second kappa shape index (κ2) is 6.98. The van der Waals surface area contributed by atoms with Crippen LogP contribution in [0.15, 0.2) is 24.3 Å². The number of para-hydroxylation sites is 2. The lowest BCUT2D eigenvalue weighted by molar-refractivity contribution is -0.123. The Morgan fingerprint density at radius 3 is 3.05 bits per heavy atom. The Morgan fingerprint density at radius 1 is 1.41 bits per heavy atom. The number of rotatable bonds is 4.